The SMILES string of the molecule is COc1cc(CCc2cc(F)cc(F)c2)cc(OC)c1C(C)C. The molecule has 0 radical (unpaired) electrons. The van der Waals surface area contributed by atoms with Crippen molar-refractivity contribution in [1.82, 2.24) is 0 Å². The number of hydrogen-bond donors (Lipinski definition) is 0. The van der Waals surface area contributed by atoms with E-state index in [-0.39, 0.29) is 5.92 Å². The zero-order valence-electron chi connectivity index (χ0n) is 14.0. The van der Waals surface area contributed by atoms with Crippen LogP contribution in [0.2, 0.25) is 0 Å². The minimum atomic E-state index is -0.551. The number of methoxy groups -OCH3 is 2. The normalized spacial score (nSPS) is 10.9. The minimum Gasteiger partial charge on any atom is -0.496 e. The van der Waals surface area contributed by atoms with Gasteiger partial charge in [0.25, 0.3) is 0 Å². The molecule has 2 aromatic rings. The van der Waals surface area contributed by atoms with Crippen molar-refractivity contribution in [1.29, 1.82) is 0 Å². The molecule has 0 unspecified atom stereocenters. The average molecular weight is 320 g/mol. The maximum absolute atomic E-state index is 13.3. The van der Waals surface area contributed by atoms with Crippen molar-refractivity contribution >= 4 is 0 Å². The van der Waals surface area contributed by atoms with Crippen LogP contribution in [0.4, 0.5) is 8.78 Å². The summed E-state index contributed by atoms with van der Waals surface area (Å²) in [5.74, 6) is 0.724. The first kappa shape index (κ1) is 17.3. The standard InChI is InChI=1S/C19H22F2O2/c1-12(2)19-17(22-3)9-14(10-18(19)23-4)6-5-13-7-15(20)11-16(21)8-13/h7-12H,5-6H2,1-4H3. The molecule has 2 aromatic carbocycles. The van der Waals surface area contributed by atoms with Gasteiger partial charge < -0.3 is 9.47 Å². The molecular formula is C19H22F2O2. The van der Waals surface area contributed by atoms with E-state index in [0.717, 1.165) is 28.7 Å². The fourth-order valence-corrected chi connectivity index (χ4v) is 2.75. The Labute approximate surface area is 136 Å². The molecule has 0 aromatic heterocycles. The van der Waals surface area contributed by atoms with E-state index in [1.807, 2.05) is 12.1 Å². The van der Waals surface area contributed by atoms with E-state index in [0.29, 0.717) is 18.4 Å². The Kier molecular flexibility index (Phi) is 5.59. The summed E-state index contributed by atoms with van der Waals surface area (Å²) in [7, 11) is 3.26. The lowest BCUT2D eigenvalue weighted by molar-refractivity contribution is 0.381. The Morgan fingerprint density at radius 3 is 1.61 bits per heavy atom. The topological polar surface area (TPSA) is 18.5 Å². The van der Waals surface area contributed by atoms with Crippen LogP contribution in [0.25, 0.3) is 0 Å². The maximum Gasteiger partial charge on any atom is 0.126 e. The van der Waals surface area contributed by atoms with Crippen LogP contribution in [0.1, 0.15) is 36.5 Å². The minimum absolute atomic E-state index is 0.270. The van der Waals surface area contributed by atoms with Crippen LogP contribution >= 0.6 is 0 Å². The average Bonchev–Trinajstić information content (AvgIpc) is 2.50. The van der Waals surface area contributed by atoms with Crippen LogP contribution in [0.3, 0.4) is 0 Å². The van der Waals surface area contributed by atoms with Crippen molar-refractivity contribution in [3.8, 4) is 11.5 Å². The summed E-state index contributed by atoms with van der Waals surface area (Å²) in [6, 6.07) is 7.54. The van der Waals surface area contributed by atoms with Gasteiger partial charge in [-0.15, -0.1) is 0 Å². The maximum atomic E-state index is 13.3. The predicted molar refractivity (Wildman–Crippen MR) is 87.4 cm³/mol. The molecule has 4 heteroatoms. The summed E-state index contributed by atoms with van der Waals surface area (Å²) in [5.41, 5.74) is 2.66. The summed E-state index contributed by atoms with van der Waals surface area (Å²) < 4.78 is 37.5. The number of benzene rings is 2. The lowest BCUT2D eigenvalue weighted by Crippen LogP contribution is -2.02. The van der Waals surface area contributed by atoms with Crippen LogP contribution in [-0.2, 0) is 12.8 Å². The van der Waals surface area contributed by atoms with Crippen molar-refractivity contribution in [3.05, 3.63) is 58.7 Å². The molecule has 0 bridgehead atoms. The molecule has 0 saturated carbocycles. The molecule has 2 nitrogen and oxygen atoms in total. The third-order valence-electron chi connectivity index (χ3n) is 3.81. The quantitative estimate of drug-likeness (QED) is 0.754. The van der Waals surface area contributed by atoms with Crippen molar-refractivity contribution in [2.45, 2.75) is 32.6 Å². The Bertz CT molecular complexity index is 636. The molecule has 23 heavy (non-hydrogen) atoms. The highest BCUT2D eigenvalue weighted by molar-refractivity contribution is 5.50. The van der Waals surface area contributed by atoms with Gasteiger partial charge in [-0.3, -0.25) is 0 Å². The molecule has 0 atom stereocenters. The van der Waals surface area contributed by atoms with E-state index in [1.165, 1.54) is 12.1 Å². The highest BCUT2D eigenvalue weighted by Crippen LogP contribution is 2.36. The van der Waals surface area contributed by atoms with E-state index < -0.39 is 11.6 Å². The van der Waals surface area contributed by atoms with Crippen LogP contribution in [0.15, 0.2) is 30.3 Å². The van der Waals surface area contributed by atoms with Crippen LogP contribution in [0.5, 0.6) is 11.5 Å². The summed E-state index contributed by atoms with van der Waals surface area (Å²) in [4.78, 5) is 0. The number of rotatable bonds is 6. The molecule has 0 aliphatic rings. The highest BCUT2D eigenvalue weighted by atomic mass is 19.1. The van der Waals surface area contributed by atoms with Gasteiger partial charge >= 0.3 is 0 Å². The van der Waals surface area contributed by atoms with Gasteiger partial charge in [0.15, 0.2) is 0 Å². The van der Waals surface area contributed by atoms with Gasteiger partial charge in [0.1, 0.15) is 23.1 Å². The molecule has 0 N–H and O–H groups in total. The number of aryl methyl sites for hydroxylation is 2. The van der Waals surface area contributed by atoms with Crippen LogP contribution in [-0.4, -0.2) is 14.2 Å². The van der Waals surface area contributed by atoms with Crippen molar-refractivity contribution < 1.29 is 18.3 Å². The van der Waals surface area contributed by atoms with Gasteiger partial charge in [-0.05, 0) is 54.2 Å². The fourth-order valence-electron chi connectivity index (χ4n) is 2.75. The Hall–Kier alpha value is -2.10. The molecule has 0 saturated heterocycles. The Morgan fingerprint density at radius 1 is 0.783 bits per heavy atom. The van der Waals surface area contributed by atoms with Crippen molar-refractivity contribution in [2.75, 3.05) is 14.2 Å². The summed E-state index contributed by atoms with van der Waals surface area (Å²) in [6.07, 6.45) is 1.19. The van der Waals surface area contributed by atoms with Gasteiger partial charge in [0.2, 0.25) is 0 Å². The van der Waals surface area contributed by atoms with E-state index in [9.17, 15) is 8.78 Å². The smallest absolute Gasteiger partial charge is 0.126 e. The fraction of sp³-hybridized carbons (Fsp3) is 0.368. The van der Waals surface area contributed by atoms with Crippen LogP contribution in [0, 0.1) is 11.6 Å². The summed E-state index contributed by atoms with van der Waals surface area (Å²) in [5, 5.41) is 0. The summed E-state index contributed by atoms with van der Waals surface area (Å²) in [6.45, 7) is 4.16. The largest absolute Gasteiger partial charge is 0.496 e. The van der Waals surface area contributed by atoms with Crippen molar-refractivity contribution in [2.24, 2.45) is 0 Å². The second-order valence-electron chi connectivity index (χ2n) is 5.85. The molecule has 0 heterocycles. The molecule has 0 aliphatic carbocycles. The molecule has 0 aliphatic heterocycles. The number of hydrogen-bond acceptors (Lipinski definition) is 2. The zero-order valence-corrected chi connectivity index (χ0v) is 14.0. The molecule has 0 spiro atoms. The molecular weight excluding hydrogens is 298 g/mol. The zero-order chi connectivity index (χ0) is 17.0. The lowest BCUT2D eigenvalue weighted by Gasteiger charge is -2.18. The van der Waals surface area contributed by atoms with E-state index >= 15 is 0 Å². The molecule has 0 fully saturated rings. The number of halogens is 2. The molecule has 2 rings (SSSR count). The Balaban J connectivity index is 2.26. The summed E-state index contributed by atoms with van der Waals surface area (Å²) >= 11 is 0. The lowest BCUT2D eigenvalue weighted by atomic mass is 9.96. The van der Waals surface area contributed by atoms with Gasteiger partial charge in [0.05, 0.1) is 14.2 Å². The third kappa shape index (κ3) is 4.21. The first-order valence-corrected chi connectivity index (χ1v) is 7.64. The van der Waals surface area contributed by atoms with Gasteiger partial charge in [-0.25, -0.2) is 8.78 Å². The highest BCUT2D eigenvalue weighted by Gasteiger charge is 2.15. The molecule has 124 valence electrons. The first-order chi connectivity index (χ1) is 10.9. The predicted octanol–water partition coefficient (Wildman–Crippen LogP) is 4.89. The second kappa shape index (κ2) is 7.44. The van der Waals surface area contributed by atoms with Gasteiger partial charge in [0, 0.05) is 11.6 Å². The first-order valence-electron chi connectivity index (χ1n) is 7.64. The molecule has 0 amide bonds. The monoisotopic (exact) mass is 320 g/mol. The Morgan fingerprint density at radius 2 is 1.22 bits per heavy atom. The van der Waals surface area contributed by atoms with Gasteiger partial charge in [-0.2, -0.15) is 0 Å². The third-order valence-corrected chi connectivity index (χ3v) is 3.81. The van der Waals surface area contributed by atoms with E-state index in [4.69, 9.17) is 9.47 Å². The second-order valence-corrected chi connectivity index (χ2v) is 5.85. The van der Waals surface area contributed by atoms with E-state index in [2.05, 4.69) is 13.8 Å². The number of ether oxygens (including phenoxy) is 2. The van der Waals surface area contributed by atoms with Gasteiger partial charge in [-0.1, -0.05) is 13.8 Å². The van der Waals surface area contributed by atoms with Crippen molar-refractivity contribution in [3.63, 3.8) is 0 Å². The van der Waals surface area contributed by atoms with Crippen LogP contribution < -0.4 is 9.47 Å². The van der Waals surface area contributed by atoms with E-state index in [1.54, 1.807) is 14.2 Å².